The summed E-state index contributed by atoms with van der Waals surface area (Å²) in [7, 11) is 6.74. The zero-order chi connectivity index (χ0) is 29.3. The van der Waals surface area contributed by atoms with E-state index in [1.54, 1.807) is 28.4 Å². The third kappa shape index (κ3) is 5.68. The number of piperidine rings is 1. The summed E-state index contributed by atoms with van der Waals surface area (Å²) in [5, 5.41) is 0. The molecule has 0 radical (unpaired) electrons. The van der Waals surface area contributed by atoms with Crippen LogP contribution < -0.4 is 18.9 Å². The molecule has 0 saturated carbocycles. The fourth-order valence-electron chi connectivity index (χ4n) is 7.31. The van der Waals surface area contributed by atoms with Gasteiger partial charge in [0, 0.05) is 25.7 Å². The van der Waals surface area contributed by atoms with Crippen LogP contribution in [0.2, 0.25) is 0 Å². The van der Waals surface area contributed by atoms with Crippen molar-refractivity contribution in [2.75, 3.05) is 48.1 Å². The Morgan fingerprint density at radius 3 is 1.98 bits per heavy atom. The fraction of sp³-hybridized carbons (Fsp3) is 0.606. The maximum Gasteiger partial charge on any atom is 0.410 e. The summed E-state index contributed by atoms with van der Waals surface area (Å²) in [6.07, 6.45) is 4.37. The molecule has 1 saturated heterocycles. The van der Waals surface area contributed by atoms with Crippen molar-refractivity contribution in [3.05, 3.63) is 46.5 Å². The molecule has 0 aliphatic carbocycles. The highest BCUT2D eigenvalue weighted by atomic mass is 16.6. The molecule has 3 aliphatic rings. The van der Waals surface area contributed by atoms with Crippen LogP contribution in [0.25, 0.3) is 0 Å². The Hall–Kier alpha value is -3.13. The normalized spacial score (nSPS) is 23.8. The maximum atomic E-state index is 13.4. The van der Waals surface area contributed by atoms with Crippen molar-refractivity contribution >= 4 is 6.09 Å². The first-order valence-corrected chi connectivity index (χ1v) is 15.0. The summed E-state index contributed by atoms with van der Waals surface area (Å²) in [5.74, 6) is 3.97. The first kappa shape index (κ1) is 29.4. The highest BCUT2D eigenvalue weighted by Gasteiger charge is 2.42. The minimum Gasteiger partial charge on any atom is -0.493 e. The van der Waals surface area contributed by atoms with Crippen molar-refractivity contribution in [1.29, 1.82) is 0 Å². The van der Waals surface area contributed by atoms with Crippen LogP contribution in [0.1, 0.15) is 74.4 Å². The number of benzene rings is 2. The van der Waals surface area contributed by atoms with E-state index < -0.39 is 0 Å². The van der Waals surface area contributed by atoms with E-state index in [1.807, 2.05) is 18.7 Å². The minimum atomic E-state index is -0.240. The number of amides is 1. The number of carbonyl (C=O) groups excluding carboxylic acids is 1. The molecule has 224 valence electrons. The Morgan fingerprint density at radius 2 is 1.39 bits per heavy atom. The molecule has 0 N–H and O–H groups in total. The molecule has 2 aromatic carbocycles. The van der Waals surface area contributed by atoms with Crippen LogP contribution in [0.3, 0.4) is 0 Å². The largest absolute Gasteiger partial charge is 0.493 e. The second-order valence-corrected chi connectivity index (χ2v) is 11.9. The van der Waals surface area contributed by atoms with Crippen LogP contribution in [0.5, 0.6) is 23.0 Å². The third-order valence-electron chi connectivity index (χ3n) is 9.40. The van der Waals surface area contributed by atoms with Gasteiger partial charge in [-0.25, -0.2) is 4.79 Å². The second kappa shape index (κ2) is 12.4. The molecule has 0 bridgehead atoms. The van der Waals surface area contributed by atoms with Crippen molar-refractivity contribution in [1.82, 2.24) is 9.80 Å². The highest BCUT2D eigenvalue weighted by Crippen LogP contribution is 2.49. The molecule has 4 atom stereocenters. The van der Waals surface area contributed by atoms with E-state index in [4.69, 9.17) is 23.7 Å². The highest BCUT2D eigenvalue weighted by molar-refractivity contribution is 5.69. The Bertz CT molecular complexity index is 1250. The van der Waals surface area contributed by atoms with E-state index in [0.717, 1.165) is 68.0 Å². The first-order chi connectivity index (χ1) is 19.8. The molecule has 8 heteroatoms. The number of hydrogen-bond acceptors (Lipinski definition) is 7. The van der Waals surface area contributed by atoms with E-state index in [9.17, 15) is 4.79 Å². The Kier molecular flexibility index (Phi) is 8.88. The summed E-state index contributed by atoms with van der Waals surface area (Å²) >= 11 is 0. The van der Waals surface area contributed by atoms with Gasteiger partial charge in [-0.2, -0.15) is 0 Å². The summed E-state index contributed by atoms with van der Waals surface area (Å²) in [6.45, 7) is 8.85. The van der Waals surface area contributed by atoms with Crippen molar-refractivity contribution < 1.29 is 28.5 Å². The number of ether oxygens (including phenoxy) is 5. The molecule has 3 aliphatic heterocycles. The lowest BCUT2D eigenvalue weighted by Crippen LogP contribution is -2.48. The molecule has 0 unspecified atom stereocenters. The molecule has 5 rings (SSSR count). The minimum absolute atomic E-state index is 0.0936. The first-order valence-electron chi connectivity index (χ1n) is 15.0. The quantitative estimate of drug-likeness (QED) is 0.377. The standard InChI is InChI=1S/C33H46N2O6/c1-8-21-19-34-11-9-22-15-29(37-4)31(39-6)17-25(22)27(34)13-24(21)14-28-26-18-32(40-7)30(38-5)16-23(26)10-12-35(28)33(36)41-20(2)3/h15-18,20-21,24,27-28H,8-14,19H2,1-7H3/t21-,24+,27-,28+/m0/s1. The van der Waals surface area contributed by atoms with Gasteiger partial charge in [0.05, 0.1) is 40.6 Å². The third-order valence-corrected chi connectivity index (χ3v) is 9.40. The molecule has 1 fully saturated rings. The number of carbonyl (C=O) groups is 1. The Labute approximate surface area is 244 Å². The molecule has 0 spiro atoms. The SMILES string of the molecule is CC[C@H]1CN2CCc3cc(OC)c(OC)cc3[C@@H]2C[C@@H]1C[C@@H]1c2cc(OC)c(OC)cc2CCN1C(=O)OC(C)C. The lowest BCUT2D eigenvalue weighted by Gasteiger charge is -2.49. The van der Waals surface area contributed by atoms with Gasteiger partial charge in [0.1, 0.15) is 0 Å². The molecule has 0 aromatic heterocycles. The van der Waals surface area contributed by atoms with Crippen LogP contribution >= 0.6 is 0 Å². The average molecular weight is 567 g/mol. The van der Waals surface area contributed by atoms with Crippen LogP contribution in [0.4, 0.5) is 4.79 Å². The van der Waals surface area contributed by atoms with Gasteiger partial charge in [-0.05, 0) is 97.9 Å². The van der Waals surface area contributed by atoms with Gasteiger partial charge >= 0.3 is 6.09 Å². The molecular formula is C33H46N2O6. The molecule has 1 amide bonds. The van der Waals surface area contributed by atoms with Crippen LogP contribution in [-0.2, 0) is 17.6 Å². The van der Waals surface area contributed by atoms with E-state index >= 15 is 0 Å². The lowest BCUT2D eigenvalue weighted by atomic mass is 9.72. The monoisotopic (exact) mass is 566 g/mol. The topological polar surface area (TPSA) is 69.7 Å². The maximum absolute atomic E-state index is 13.4. The van der Waals surface area contributed by atoms with Gasteiger partial charge in [0.2, 0.25) is 0 Å². The van der Waals surface area contributed by atoms with Crippen LogP contribution in [0.15, 0.2) is 24.3 Å². The van der Waals surface area contributed by atoms with Gasteiger partial charge in [-0.3, -0.25) is 4.90 Å². The van der Waals surface area contributed by atoms with E-state index in [1.165, 1.54) is 16.7 Å². The van der Waals surface area contributed by atoms with Crippen molar-refractivity contribution in [3.63, 3.8) is 0 Å². The fourth-order valence-corrected chi connectivity index (χ4v) is 7.31. The van der Waals surface area contributed by atoms with E-state index in [-0.39, 0.29) is 18.2 Å². The predicted octanol–water partition coefficient (Wildman–Crippen LogP) is 6.20. The van der Waals surface area contributed by atoms with Crippen molar-refractivity contribution in [3.8, 4) is 23.0 Å². The van der Waals surface area contributed by atoms with Crippen molar-refractivity contribution in [2.24, 2.45) is 11.8 Å². The predicted molar refractivity (Wildman–Crippen MR) is 158 cm³/mol. The summed E-state index contributed by atoms with van der Waals surface area (Å²) in [4.78, 5) is 18.0. The molecular weight excluding hydrogens is 520 g/mol. The number of fused-ring (bicyclic) bond motifs is 4. The Morgan fingerprint density at radius 1 is 0.829 bits per heavy atom. The van der Waals surface area contributed by atoms with Crippen LogP contribution in [-0.4, -0.2) is 70.1 Å². The lowest BCUT2D eigenvalue weighted by molar-refractivity contribution is 0.0226. The molecule has 3 heterocycles. The average Bonchev–Trinajstić information content (AvgIpc) is 2.98. The van der Waals surface area contributed by atoms with E-state index in [2.05, 4.69) is 36.1 Å². The zero-order valence-corrected chi connectivity index (χ0v) is 25.7. The van der Waals surface area contributed by atoms with Gasteiger partial charge in [0.15, 0.2) is 23.0 Å². The van der Waals surface area contributed by atoms with E-state index in [0.29, 0.717) is 30.2 Å². The number of nitrogens with zero attached hydrogens (tertiary/aromatic N) is 2. The summed E-state index contributed by atoms with van der Waals surface area (Å²) in [6, 6.07) is 8.74. The van der Waals surface area contributed by atoms with Crippen molar-refractivity contribution in [2.45, 2.75) is 71.1 Å². The number of hydrogen-bond donors (Lipinski definition) is 0. The Balaban J connectivity index is 1.51. The second-order valence-electron chi connectivity index (χ2n) is 11.9. The van der Waals surface area contributed by atoms with Gasteiger partial charge in [0.25, 0.3) is 0 Å². The molecule has 41 heavy (non-hydrogen) atoms. The number of methoxy groups -OCH3 is 4. The summed E-state index contributed by atoms with van der Waals surface area (Å²) < 4.78 is 28.4. The van der Waals surface area contributed by atoms with Crippen LogP contribution in [0, 0.1) is 11.8 Å². The van der Waals surface area contributed by atoms with Gasteiger partial charge < -0.3 is 28.6 Å². The molecule has 8 nitrogen and oxygen atoms in total. The number of rotatable bonds is 8. The van der Waals surface area contributed by atoms with Gasteiger partial charge in [-0.1, -0.05) is 13.3 Å². The van der Waals surface area contributed by atoms with Gasteiger partial charge in [-0.15, -0.1) is 0 Å². The summed E-state index contributed by atoms with van der Waals surface area (Å²) in [5.41, 5.74) is 5.05. The zero-order valence-electron chi connectivity index (χ0n) is 25.7. The smallest absolute Gasteiger partial charge is 0.410 e. The molecule has 2 aromatic rings.